The van der Waals surface area contributed by atoms with Crippen LogP contribution in [0, 0.1) is 10.1 Å². The summed E-state index contributed by atoms with van der Waals surface area (Å²) in [4.78, 5) is 27.8. The zero-order chi connectivity index (χ0) is 14.0. The lowest BCUT2D eigenvalue weighted by molar-refractivity contribution is -0.385. The monoisotopic (exact) mass is 284 g/mol. The van der Waals surface area contributed by atoms with E-state index in [0.717, 1.165) is 6.20 Å². The first-order valence-corrected chi connectivity index (χ1v) is 6.20. The van der Waals surface area contributed by atoms with Gasteiger partial charge in [-0.25, -0.2) is 4.98 Å². The second kappa shape index (κ2) is 5.50. The van der Waals surface area contributed by atoms with Gasteiger partial charge >= 0.3 is 0 Å². The van der Waals surface area contributed by atoms with Crippen LogP contribution in [0.1, 0.15) is 17.3 Å². The number of aromatic nitrogens is 1. The maximum Gasteiger partial charge on any atom is 0.288 e. The second-order valence-corrected chi connectivity index (χ2v) is 4.70. The minimum absolute atomic E-state index is 0.0107. The Morgan fingerprint density at radius 2 is 2.42 bits per heavy atom. The van der Waals surface area contributed by atoms with Crippen molar-refractivity contribution >= 4 is 23.2 Å². The summed E-state index contributed by atoms with van der Waals surface area (Å²) in [7, 11) is 0. The normalized spacial score (nSPS) is 19.3. The molecule has 7 nitrogen and oxygen atoms in total. The van der Waals surface area contributed by atoms with Gasteiger partial charge in [-0.3, -0.25) is 14.9 Å². The van der Waals surface area contributed by atoms with Crippen molar-refractivity contribution in [1.29, 1.82) is 0 Å². The van der Waals surface area contributed by atoms with Crippen LogP contribution in [0.4, 0.5) is 5.69 Å². The SMILES string of the molecule is C[C@@H]1CNCCN1C(=O)c1cc([N+](=O)[O-])cnc1Cl. The summed E-state index contributed by atoms with van der Waals surface area (Å²) in [6, 6.07) is 1.18. The fourth-order valence-corrected chi connectivity index (χ4v) is 2.17. The van der Waals surface area contributed by atoms with Crippen molar-refractivity contribution in [3.63, 3.8) is 0 Å². The van der Waals surface area contributed by atoms with E-state index < -0.39 is 4.92 Å². The molecule has 1 atom stereocenters. The van der Waals surface area contributed by atoms with Crippen LogP contribution in [-0.2, 0) is 0 Å². The van der Waals surface area contributed by atoms with Crippen LogP contribution in [0.2, 0.25) is 5.15 Å². The molecule has 102 valence electrons. The van der Waals surface area contributed by atoms with Crippen molar-refractivity contribution in [1.82, 2.24) is 15.2 Å². The summed E-state index contributed by atoms with van der Waals surface area (Å²) in [6.07, 6.45) is 1.04. The molecule has 1 fully saturated rings. The first kappa shape index (κ1) is 13.7. The first-order valence-electron chi connectivity index (χ1n) is 5.82. The second-order valence-electron chi connectivity index (χ2n) is 4.34. The Bertz CT molecular complexity index is 523. The molecule has 1 aromatic heterocycles. The molecule has 0 bridgehead atoms. The van der Waals surface area contributed by atoms with Crippen molar-refractivity contribution in [2.45, 2.75) is 13.0 Å². The topological polar surface area (TPSA) is 88.4 Å². The predicted octanol–water partition coefficient (Wildman–Crippen LogP) is 1.08. The highest BCUT2D eigenvalue weighted by molar-refractivity contribution is 6.32. The third-order valence-electron chi connectivity index (χ3n) is 3.03. The zero-order valence-corrected chi connectivity index (χ0v) is 11.1. The van der Waals surface area contributed by atoms with Gasteiger partial charge in [0.05, 0.1) is 10.5 Å². The zero-order valence-electron chi connectivity index (χ0n) is 10.3. The van der Waals surface area contributed by atoms with E-state index in [-0.39, 0.29) is 28.4 Å². The quantitative estimate of drug-likeness (QED) is 0.499. The summed E-state index contributed by atoms with van der Waals surface area (Å²) in [6.45, 7) is 3.82. The smallest absolute Gasteiger partial charge is 0.288 e. The summed E-state index contributed by atoms with van der Waals surface area (Å²) in [5.41, 5.74) is -0.167. The van der Waals surface area contributed by atoms with Crippen molar-refractivity contribution in [2.75, 3.05) is 19.6 Å². The fourth-order valence-electron chi connectivity index (χ4n) is 1.98. The number of carbonyl (C=O) groups excluding carboxylic acids is 1. The first-order chi connectivity index (χ1) is 9.00. The average molecular weight is 285 g/mol. The fraction of sp³-hybridized carbons (Fsp3) is 0.455. The molecule has 1 aromatic rings. The molecule has 2 rings (SSSR count). The number of nitro groups is 1. The van der Waals surface area contributed by atoms with Gasteiger partial charge in [-0.2, -0.15) is 0 Å². The summed E-state index contributed by atoms with van der Waals surface area (Å²) in [5.74, 6) is -0.324. The van der Waals surface area contributed by atoms with Crippen LogP contribution in [0.15, 0.2) is 12.3 Å². The lowest BCUT2D eigenvalue weighted by Crippen LogP contribution is -2.52. The number of amides is 1. The Morgan fingerprint density at radius 1 is 1.68 bits per heavy atom. The van der Waals surface area contributed by atoms with Gasteiger partial charge in [0.15, 0.2) is 0 Å². The molecule has 1 N–H and O–H groups in total. The van der Waals surface area contributed by atoms with Gasteiger partial charge in [-0.15, -0.1) is 0 Å². The minimum atomic E-state index is -0.596. The number of halogens is 1. The third kappa shape index (κ3) is 2.82. The molecule has 0 spiro atoms. The molecule has 0 aromatic carbocycles. The number of nitrogens with zero attached hydrogens (tertiary/aromatic N) is 3. The van der Waals surface area contributed by atoms with E-state index in [0.29, 0.717) is 19.6 Å². The molecule has 0 unspecified atom stereocenters. The van der Waals surface area contributed by atoms with E-state index in [1.807, 2.05) is 6.92 Å². The molecule has 1 saturated heterocycles. The summed E-state index contributed by atoms with van der Waals surface area (Å²) >= 11 is 5.87. The van der Waals surface area contributed by atoms with E-state index in [9.17, 15) is 14.9 Å². The highest BCUT2D eigenvalue weighted by Crippen LogP contribution is 2.21. The Labute approximate surface area is 114 Å². The van der Waals surface area contributed by atoms with Gasteiger partial charge in [0.1, 0.15) is 11.3 Å². The van der Waals surface area contributed by atoms with Crippen LogP contribution in [-0.4, -0.2) is 46.4 Å². The van der Waals surface area contributed by atoms with Crippen LogP contribution in [0.3, 0.4) is 0 Å². The number of rotatable bonds is 2. The van der Waals surface area contributed by atoms with Gasteiger partial charge in [0, 0.05) is 31.7 Å². The molecule has 0 saturated carbocycles. The van der Waals surface area contributed by atoms with Gasteiger partial charge in [-0.1, -0.05) is 11.6 Å². The Hall–Kier alpha value is -1.73. The van der Waals surface area contributed by atoms with Crippen LogP contribution in [0.25, 0.3) is 0 Å². The Kier molecular flexibility index (Phi) is 3.96. The average Bonchev–Trinajstić information content (AvgIpc) is 2.38. The van der Waals surface area contributed by atoms with E-state index in [1.165, 1.54) is 6.07 Å². The van der Waals surface area contributed by atoms with Crippen molar-refractivity contribution in [3.8, 4) is 0 Å². The number of pyridine rings is 1. The number of piperazine rings is 1. The molecule has 19 heavy (non-hydrogen) atoms. The van der Waals surface area contributed by atoms with Gasteiger partial charge in [0.25, 0.3) is 11.6 Å². The summed E-state index contributed by atoms with van der Waals surface area (Å²) < 4.78 is 0. The maximum absolute atomic E-state index is 12.4. The maximum atomic E-state index is 12.4. The minimum Gasteiger partial charge on any atom is -0.333 e. The Balaban J connectivity index is 2.32. The predicted molar refractivity (Wildman–Crippen MR) is 69.3 cm³/mol. The lowest BCUT2D eigenvalue weighted by atomic mass is 10.1. The van der Waals surface area contributed by atoms with Gasteiger partial charge in [-0.05, 0) is 6.92 Å². The molecular weight excluding hydrogens is 272 g/mol. The van der Waals surface area contributed by atoms with Crippen molar-refractivity contribution in [2.24, 2.45) is 0 Å². The molecule has 8 heteroatoms. The number of nitrogens with one attached hydrogen (secondary N) is 1. The summed E-state index contributed by atoms with van der Waals surface area (Å²) in [5, 5.41) is 13.9. The van der Waals surface area contributed by atoms with E-state index in [2.05, 4.69) is 10.3 Å². The van der Waals surface area contributed by atoms with Crippen LogP contribution >= 0.6 is 11.6 Å². The Morgan fingerprint density at radius 3 is 3.05 bits per heavy atom. The third-order valence-corrected chi connectivity index (χ3v) is 3.33. The molecule has 1 amide bonds. The molecule has 0 radical (unpaired) electrons. The molecule has 2 heterocycles. The highest BCUT2D eigenvalue weighted by Gasteiger charge is 2.27. The van der Waals surface area contributed by atoms with E-state index in [1.54, 1.807) is 4.90 Å². The van der Waals surface area contributed by atoms with E-state index >= 15 is 0 Å². The number of hydrogen-bond acceptors (Lipinski definition) is 5. The lowest BCUT2D eigenvalue weighted by Gasteiger charge is -2.34. The van der Waals surface area contributed by atoms with Crippen molar-refractivity contribution < 1.29 is 9.72 Å². The van der Waals surface area contributed by atoms with Gasteiger partial charge < -0.3 is 10.2 Å². The molecule has 1 aliphatic rings. The standard InChI is InChI=1S/C11H13ClN4O3/c1-7-5-13-2-3-15(7)11(17)9-4-8(16(18)19)6-14-10(9)12/h4,6-7,13H,2-3,5H2,1H3/t7-/m1/s1. The molecular formula is C11H13ClN4O3. The molecule has 0 aliphatic carbocycles. The number of hydrogen-bond donors (Lipinski definition) is 1. The van der Waals surface area contributed by atoms with Crippen LogP contribution < -0.4 is 5.32 Å². The van der Waals surface area contributed by atoms with Gasteiger partial charge in [0.2, 0.25) is 0 Å². The van der Waals surface area contributed by atoms with Crippen molar-refractivity contribution in [3.05, 3.63) is 33.1 Å². The number of carbonyl (C=O) groups is 1. The highest BCUT2D eigenvalue weighted by atomic mass is 35.5. The largest absolute Gasteiger partial charge is 0.333 e. The van der Waals surface area contributed by atoms with Crippen LogP contribution in [0.5, 0.6) is 0 Å². The molecule has 1 aliphatic heterocycles. The van der Waals surface area contributed by atoms with E-state index in [4.69, 9.17) is 11.6 Å².